The first-order valence-corrected chi connectivity index (χ1v) is 3.01. The molecule has 1 atom stereocenters. The Morgan fingerprint density at radius 2 is 2.88 bits per heavy atom. The van der Waals surface area contributed by atoms with Crippen molar-refractivity contribution in [1.29, 1.82) is 0 Å². The lowest BCUT2D eigenvalue weighted by Crippen LogP contribution is -2.24. The van der Waals surface area contributed by atoms with Crippen LogP contribution in [-0.4, -0.2) is 18.9 Å². The highest BCUT2D eigenvalue weighted by Gasteiger charge is 2.06. The van der Waals surface area contributed by atoms with Gasteiger partial charge in [0.15, 0.2) is 0 Å². The fourth-order valence-electron chi connectivity index (χ4n) is 0.795. The molecule has 0 saturated carbocycles. The average molecular weight is 111 g/mol. The highest BCUT2D eigenvalue weighted by Crippen LogP contribution is 1.97. The Morgan fingerprint density at radius 3 is 3.38 bits per heavy atom. The average Bonchev–Trinajstić information content (AvgIpc) is 2.19. The number of nitrogens with zero attached hydrogens (tertiary/aromatic N) is 1. The lowest BCUT2D eigenvalue weighted by Gasteiger charge is -2.04. The minimum atomic E-state index is 0.514. The molecule has 0 spiro atoms. The van der Waals surface area contributed by atoms with Crippen molar-refractivity contribution in [3.63, 3.8) is 0 Å². The van der Waals surface area contributed by atoms with Gasteiger partial charge in [0.25, 0.3) is 0 Å². The van der Waals surface area contributed by atoms with Gasteiger partial charge in [-0.05, 0) is 6.42 Å². The zero-order chi connectivity index (χ0) is 5.82. The molecule has 1 aliphatic heterocycles. The van der Waals surface area contributed by atoms with Gasteiger partial charge in [-0.3, -0.25) is 4.99 Å². The SMILES string of the molecule is CC[CH]C1CN=CN1. The summed E-state index contributed by atoms with van der Waals surface area (Å²) in [6.45, 7) is 3.06. The maximum atomic E-state index is 4.02. The molecule has 0 aliphatic carbocycles. The zero-order valence-corrected chi connectivity index (χ0v) is 5.09. The van der Waals surface area contributed by atoms with Crippen molar-refractivity contribution in [2.45, 2.75) is 19.4 Å². The fraction of sp³-hybridized carbons (Fsp3) is 0.667. The molecule has 1 aliphatic rings. The molecule has 0 saturated heterocycles. The third-order valence-electron chi connectivity index (χ3n) is 1.20. The van der Waals surface area contributed by atoms with Gasteiger partial charge in [0.1, 0.15) is 0 Å². The maximum Gasteiger partial charge on any atom is 0.0827 e. The minimum absolute atomic E-state index is 0.514. The van der Waals surface area contributed by atoms with E-state index in [1.807, 2.05) is 0 Å². The van der Waals surface area contributed by atoms with Crippen LogP contribution in [-0.2, 0) is 0 Å². The fourth-order valence-corrected chi connectivity index (χ4v) is 0.795. The largest absolute Gasteiger partial charge is 0.372 e. The molecule has 0 amide bonds. The van der Waals surface area contributed by atoms with E-state index < -0.39 is 0 Å². The summed E-state index contributed by atoms with van der Waals surface area (Å²) in [4.78, 5) is 4.02. The quantitative estimate of drug-likeness (QED) is 0.554. The van der Waals surface area contributed by atoms with E-state index in [-0.39, 0.29) is 0 Å². The predicted octanol–water partition coefficient (Wildman–Crippen LogP) is 0.601. The van der Waals surface area contributed by atoms with Crippen LogP contribution in [0.3, 0.4) is 0 Å². The highest BCUT2D eigenvalue weighted by molar-refractivity contribution is 5.57. The summed E-state index contributed by atoms with van der Waals surface area (Å²) < 4.78 is 0. The van der Waals surface area contributed by atoms with Crippen LogP contribution in [0.25, 0.3) is 0 Å². The lowest BCUT2D eigenvalue weighted by molar-refractivity contribution is 0.719. The van der Waals surface area contributed by atoms with Crippen molar-refractivity contribution in [2.24, 2.45) is 4.99 Å². The number of aliphatic imine (C=N–C) groups is 1. The van der Waals surface area contributed by atoms with Crippen molar-refractivity contribution in [1.82, 2.24) is 5.32 Å². The Balaban J connectivity index is 2.10. The van der Waals surface area contributed by atoms with Crippen LogP contribution in [0, 0.1) is 6.42 Å². The summed E-state index contributed by atoms with van der Waals surface area (Å²) in [6.07, 6.45) is 5.13. The van der Waals surface area contributed by atoms with E-state index in [4.69, 9.17) is 0 Å². The molecule has 8 heavy (non-hydrogen) atoms. The molecular formula is C6H11N2. The molecule has 45 valence electrons. The number of nitrogens with one attached hydrogen (secondary N) is 1. The smallest absolute Gasteiger partial charge is 0.0827 e. The van der Waals surface area contributed by atoms with E-state index in [2.05, 4.69) is 23.7 Å². The highest BCUT2D eigenvalue weighted by atomic mass is 15.0. The molecule has 0 bridgehead atoms. The van der Waals surface area contributed by atoms with E-state index >= 15 is 0 Å². The Kier molecular flexibility index (Phi) is 1.89. The van der Waals surface area contributed by atoms with E-state index in [9.17, 15) is 0 Å². The molecule has 1 unspecified atom stereocenters. The second-order valence-electron chi connectivity index (χ2n) is 1.91. The Morgan fingerprint density at radius 1 is 2.00 bits per heavy atom. The molecule has 0 aromatic carbocycles. The molecule has 1 N–H and O–H groups in total. The van der Waals surface area contributed by atoms with Crippen molar-refractivity contribution < 1.29 is 0 Å². The van der Waals surface area contributed by atoms with Gasteiger partial charge in [-0.2, -0.15) is 0 Å². The zero-order valence-electron chi connectivity index (χ0n) is 5.09. The van der Waals surface area contributed by atoms with Gasteiger partial charge in [0, 0.05) is 6.04 Å². The van der Waals surface area contributed by atoms with Gasteiger partial charge in [-0.1, -0.05) is 13.3 Å². The summed E-state index contributed by atoms with van der Waals surface area (Å²) in [5.74, 6) is 0. The van der Waals surface area contributed by atoms with Crippen LogP contribution in [0.15, 0.2) is 4.99 Å². The molecule has 1 radical (unpaired) electrons. The van der Waals surface area contributed by atoms with Crippen molar-refractivity contribution >= 4 is 6.34 Å². The molecule has 1 heterocycles. The molecule has 0 fully saturated rings. The molecule has 2 heteroatoms. The molecule has 2 nitrogen and oxygen atoms in total. The first kappa shape index (κ1) is 5.60. The molecular weight excluding hydrogens is 100 g/mol. The van der Waals surface area contributed by atoms with Gasteiger partial charge in [0.05, 0.1) is 12.9 Å². The Bertz CT molecular complexity index is 80.5. The summed E-state index contributed by atoms with van der Waals surface area (Å²) >= 11 is 0. The molecule has 0 aromatic rings. The van der Waals surface area contributed by atoms with Crippen molar-refractivity contribution in [2.75, 3.05) is 6.54 Å². The monoisotopic (exact) mass is 111 g/mol. The maximum absolute atomic E-state index is 4.02. The second kappa shape index (κ2) is 2.70. The van der Waals surface area contributed by atoms with Crippen LogP contribution in [0.2, 0.25) is 0 Å². The van der Waals surface area contributed by atoms with Crippen LogP contribution in [0.1, 0.15) is 13.3 Å². The number of rotatable bonds is 2. The summed E-state index contributed by atoms with van der Waals surface area (Å²) in [5.41, 5.74) is 0. The number of hydrogen-bond donors (Lipinski definition) is 1. The molecule has 0 aromatic heterocycles. The lowest BCUT2D eigenvalue weighted by atomic mass is 10.2. The van der Waals surface area contributed by atoms with Gasteiger partial charge in [-0.15, -0.1) is 0 Å². The molecule has 1 rings (SSSR count). The van der Waals surface area contributed by atoms with Gasteiger partial charge >= 0.3 is 0 Å². The summed E-state index contributed by atoms with van der Waals surface area (Å²) in [7, 11) is 0. The predicted molar refractivity (Wildman–Crippen MR) is 34.9 cm³/mol. The summed E-state index contributed by atoms with van der Waals surface area (Å²) in [5, 5.41) is 3.11. The van der Waals surface area contributed by atoms with Crippen molar-refractivity contribution in [3.8, 4) is 0 Å². The van der Waals surface area contributed by atoms with E-state index in [1.165, 1.54) is 0 Å². The topological polar surface area (TPSA) is 24.4 Å². The van der Waals surface area contributed by atoms with E-state index in [1.54, 1.807) is 6.34 Å². The number of hydrogen-bond acceptors (Lipinski definition) is 2. The first-order chi connectivity index (χ1) is 3.93. The van der Waals surface area contributed by atoms with Gasteiger partial charge < -0.3 is 5.32 Å². The third kappa shape index (κ3) is 1.22. The Hall–Kier alpha value is -0.530. The van der Waals surface area contributed by atoms with E-state index in [0.717, 1.165) is 13.0 Å². The van der Waals surface area contributed by atoms with Crippen LogP contribution < -0.4 is 5.32 Å². The first-order valence-electron chi connectivity index (χ1n) is 3.01. The van der Waals surface area contributed by atoms with Crippen LogP contribution in [0.4, 0.5) is 0 Å². The third-order valence-corrected chi connectivity index (χ3v) is 1.20. The normalized spacial score (nSPS) is 25.9. The van der Waals surface area contributed by atoms with Crippen molar-refractivity contribution in [3.05, 3.63) is 6.42 Å². The van der Waals surface area contributed by atoms with Gasteiger partial charge in [0.2, 0.25) is 0 Å². The van der Waals surface area contributed by atoms with E-state index in [0.29, 0.717) is 6.04 Å². The van der Waals surface area contributed by atoms with Gasteiger partial charge in [-0.25, -0.2) is 0 Å². The standard InChI is InChI=1S/C6H11N2/c1-2-3-6-4-7-5-8-6/h3,5-6H,2,4H2,1H3,(H,7,8). The Labute approximate surface area is 50.0 Å². The minimum Gasteiger partial charge on any atom is -0.372 e. The second-order valence-corrected chi connectivity index (χ2v) is 1.91. The van der Waals surface area contributed by atoms with Crippen LogP contribution in [0.5, 0.6) is 0 Å². The summed E-state index contributed by atoms with van der Waals surface area (Å²) in [6, 6.07) is 0.514. The van der Waals surface area contributed by atoms with Crippen LogP contribution >= 0.6 is 0 Å².